The number of aliphatic carboxylic acids is 1. The van der Waals surface area contributed by atoms with E-state index in [1.807, 2.05) is 12.1 Å². The number of carboxylic acid groups (broad SMARTS) is 1. The molecule has 1 aromatic carbocycles. The zero-order chi connectivity index (χ0) is 19.4. The summed E-state index contributed by atoms with van der Waals surface area (Å²) in [6.07, 6.45) is 3.34. The first-order chi connectivity index (χ1) is 13.0. The van der Waals surface area contributed by atoms with Crippen LogP contribution in [0, 0.1) is 0 Å². The number of pyridine rings is 1. The van der Waals surface area contributed by atoms with Crippen LogP contribution in [-0.4, -0.2) is 63.6 Å². The van der Waals surface area contributed by atoms with Gasteiger partial charge in [0.1, 0.15) is 18.3 Å². The number of fused-ring (bicyclic) bond motifs is 1. The van der Waals surface area contributed by atoms with Gasteiger partial charge in [0, 0.05) is 18.1 Å². The molecule has 1 aromatic heterocycles. The molecule has 0 saturated carbocycles. The van der Waals surface area contributed by atoms with E-state index < -0.39 is 30.4 Å². The topological polar surface area (TPSA) is 120 Å². The summed E-state index contributed by atoms with van der Waals surface area (Å²) in [6.45, 7) is -0.773. The van der Waals surface area contributed by atoms with E-state index in [1.165, 1.54) is 6.20 Å². The van der Waals surface area contributed by atoms with E-state index in [9.17, 15) is 19.5 Å². The van der Waals surface area contributed by atoms with Gasteiger partial charge in [0.25, 0.3) is 5.91 Å². The highest BCUT2D eigenvalue weighted by Crippen LogP contribution is 2.17. The van der Waals surface area contributed by atoms with Crippen LogP contribution >= 0.6 is 0 Å². The molecule has 2 amide bonds. The van der Waals surface area contributed by atoms with Gasteiger partial charge in [-0.3, -0.25) is 19.4 Å². The molecule has 0 bridgehead atoms. The number of aliphatic hydroxyl groups excluding tert-OH is 1. The molecule has 3 N–H and O–H groups in total. The second kappa shape index (κ2) is 7.96. The van der Waals surface area contributed by atoms with E-state index in [-0.39, 0.29) is 25.3 Å². The molecule has 3 rings (SSSR count). The summed E-state index contributed by atoms with van der Waals surface area (Å²) in [5.74, 6) is -2.18. The van der Waals surface area contributed by atoms with Crippen LogP contribution in [0.4, 0.5) is 0 Å². The molecule has 0 unspecified atom stereocenters. The second-order valence-corrected chi connectivity index (χ2v) is 6.25. The summed E-state index contributed by atoms with van der Waals surface area (Å²) in [7, 11) is 0. The number of rotatable bonds is 5. The normalized spacial score (nSPS) is 17.4. The van der Waals surface area contributed by atoms with Gasteiger partial charge >= 0.3 is 5.97 Å². The van der Waals surface area contributed by atoms with Gasteiger partial charge in [-0.05, 0) is 23.4 Å². The molecule has 140 valence electrons. The first kappa shape index (κ1) is 18.5. The van der Waals surface area contributed by atoms with E-state index >= 15 is 0 Å². The summed E-state index contributed by atoms with van der Waals surface area (Å²) >= 11 is 0. The van der Waals surface area contributed by atoms with Gasteiger partial charge in [0.2, 0.25) is 5.91 Å². The number of aliphatic hydroxyl groups is 1. The van der Waals surface area contributed by atoms with Crippen LogP contribution in [-0.2, 0) is 9.59 Å². The summed E-state index contributed by atoms with van der Waals surface area (Å²) in [6, 6.07) is 8.13. The van der Waals surface area contributed by atoms with Gasteiger partial charge < -0.3 is 20.4 Å². The van der Waals surface area contributed by atoms with Crippen LogP contribution in [0.3, 0.4) is 0 Å². The fourth-order valence-corrected chi connectivity index (χ4v) is 3.05. The Kier molecular flexibility index (Phi) is 5.46. The molecule has 0 spiro atoms. The van der Waals surface area contributed by atoms with Gasteiger partial charge in [0.05, 0.1) is 6.61 Å². The maximum atomic E-state index is 12.7. The third kappa shape index (κ3) is 4.12. The van der Waals surface area contributed by atoms with Crippen LogP contribution in [0.25, 0.3) is 10.8 Å². The van der Waals surface area contributed by atoms with E-state index in [0.717, 1.165) is 10.3 Å². The van der Waals surface area contributed by atoms with E-state index in [2.05, 4.69) is 10.3 Å². The summed E-state index contributed by atoms with van der Waals surface area (Å²) in [5.41, 5.74) is 0.728. The van der Waals surface area contributed by atoms with Gasteiger partial charge in [-0.15, -0.1) is 0 Å². The van der Waals surface area contributed by atoms with Crippen molar-refractivity contribution in [3.8, 4) is 0 Å². The predicted octanol–water partition coefficient (Wildman–Crippen LogP) is 0.569. The number of nitrogens with one attached hydrogen (secondary N) is 1. The molecule has 8 heteroatoms. The molecular weight excluding hydrogens is 350 g/mol. The quantitative estimate of drug-likeness (QED) is 0.663. The Morgan fingerprint density at radius 3 is 2.78 bits per heavy atom. The Bertz CT molecular complexity index is 919. The maximum Gasteiger partial charge on any atom is 0.323 e. The minimum atomic E-state index is -1.16. The average Bonchev–Trinajstić information content (AvgIpc) is 2.80. The lowest BCUT2D eigenvalue weighted by molar-refractivity contribution is -0.144. The molecule has 0 saturated heterocycles. The SMILES string of the molecule is O=C(O)CN1CC(CO)=CC[C@H](NC(=O)c2nccc3ccccc23)C1=O. The molecule has 1 aliphatic rings. The zero-order valence-electron chi connectivity index (χ0n) is 14.5. The Morgan fingerprint density at radius 2 is 2.04 bits per heavy atom. The maximum absolute atomic E-state index is 12.7. The Balaban J connectivity index is 1.86. The largest absolute Gasteiger partial charge is 0.480 e. The van der Waals surface area contributed by atoms with Crippen LogP contribution < -0.4 is 5.32 Å². The number of nitrogens with zero attached hydrogens (tertiary/aromatic N) is 2. The van der Waals surface area contributed by atoms with Crippen molar-refractivity contribution in [2.75, 3.05) is 19.7 Å². The zero-order valence-corrected chi connectivity index (χ0v) is 14.5. The molecule has 0 fully saturated rings. The fourth-order valence-electron chi connectivity index (χ4n) is 3.05. The van der Waals surface area contributed by atoms with Crippen molar-refractivity contribution in [1.29, 1.82) is 0 Å². The monoisotopic (exact) mass is 369 g/mol. The fraction of sp³-hybridized carbons (Fsp3) is 0.263. The van der Waals surface area contributed by atoms with Crippen LogP contribution in [0.1, 0.15) is 16.9 Å². The number of carboxylic acids is 1. The third-order valence-electron chi connectivity index (χ3n) is 4.37. The van der Waals surface area contributed by atoms with E-state index in [1.54, 1.807) is 24.3 Å². The lowest BCUT2D eigenvalue weighted by atomic mass is 10.1. The van der Waals surface area contributed by atoms with Crippen molar-refractivity contribution in [1.82, 2.24) is 15.2 Å². The van der Waals surface area contributed by atoms with Crippen molar-refractivity contribution in [3.05, 3.63) is 53.9 Å². The summed E-state index contributed by atoms with van der Waals surface area (Å²) < 4.78 is 0. The number of hydrogen-bond acceptors (Lipinski definition) is 5. The molecule has 0 aliphatic carbocycles. The minimum absolute atomic E-state index is 0.0144. The average molecular weight is 369 g/mol. The van der Waals surface area contributed by atoms with Crippen LogP contribution in [0.2, 0.25) is 0 Å². The van der Waals surface area contributed by atoms with Crippen molar-refractivity contribution >= 4 is 28.6 Å². The standard InChI is InChI=1S/C19H19N3O5/c23-11-12-5-6-15(19(27)22(9-12)10-16(24)25)21-18(26)17-14-4-2-1-3-13(14)7-8-20-17/h1-5,7-8,15,23H,6,9-11H2,(H,21,26)(H,24,25)/t15-/m0/s1. The molecule has 0 radical (unpaired) electrons. The van der Waals surface area contributed by atoms with Gasteiger partial charge in [-0.1, -0.05) is 30.3 Å². The summed E-state index contributed by atoms with van der Waals surface area (Å²) in [5, 5.41) is 22.6. The molecule has 1 atom stereocenters. The smallest absolute Gasteiger partial charge is 0.323 e. The number of hydrogen-bond donors (Lipinski definition) is 3. The first-order valence-corrected chi connectivity index (χ1v) is 8.43. The minimum Gasteiger partial charge on any atom is -0.480 e. The molecule has 1 aliphatic heterocycles. The van der Waals surface area contributed by atoms with Crippen molar-refractivity contribution in [2.45, 2.75) is 12.5 Å². The van der Waals surface area contributed by atoms with E-state index in [4.69, 9.17) is 5.11 Å². The lowest BCUT2D eigenvalue weighted by Gasteiger charge is -2.24. The Hall–Kier alpha value is -3.26. The van der Waals surface area contributed by atoms with Gasteiger partial charge in [-0.25, -0.2) is 0 Å². The predicted molar refractivity (Wildman–Crippen MR) is 97.0 cm³/mol. The number of carbonyl (C=O) groups is 3. The molecule has 2 heterocycles. The summed E-state index contributed by atoms with van der Waals surface area (Å²) in [4.78, 5) is 41.7. The molecule has 27 heavy (non-hydrogen) atoms. The number of benzene rings is 1. The Labute approximate surface area is 155 Å². The van der Waals surface area contributed by atoms with Crippen LogP contribution in [0.5, 0.6) is 0 Å². The Morgan fingerprint density at radius 1 is 1.26 bits per heavy atom. The highest BCUT2D eigenvalue weighted by Gasteiger charge is 2.30. The van der Waals surface area contributed by atoms with Crippen LogP contribution in [0.15, 0.2) is 48.2 Å². The number of amides is 2. The third-order valence-corrected chi connectivity index (χ3v) is 4.37. The van der Waals surface area contributed by atoms with Crippen molar-refractivity contribution in [2.24, 2.45) is 0 Å². The first-order valence-electron chi connectivity index (χ1n) is 8.43. The molecular formula is C19H19N3O5. The highest BCUT2D eigenvalue weighted by atomic mass is 16.4. The molecule has 8 nitrogen and oxygen atoms in total. The van der Waals surface area contributed by atoms with Crippen molar-refractivity contribution in [3.63, 3.8) is 0 Å². The van der Waals surface area contributed by atoms with E-state index in [0.29, 0.717) is 11.0 Å². The second-order valence-electron chi connectivity index (χ2n) is 6.25. The number of aromatic nitrogens is 1. The van der Waals surface area contributed by atoms with Crippen molar-refractivity contribution < 1.29 is 24.6 Å². The van der Waals surface area contributed by atoms with Gasteiger partial charge in [-0.2, -0.15) is 0 Å². The molecule has 2 aromatic rings. The van der Waals surface area contributed by atoms with Gasteiger partial charge in [0.15, 0.2) is 0 Å². The lowest BCUT2D eigenvalue weighted by Crippen LogP contribution is -2.49. The number of carbonyl (C=O) groups excluding carboxylic acids is 2. The highest BCUT2D eigenvalue weighted by molar-refractivity contribution is 6.06.